The fraction of sp³-hybridized carbons (Fsp3) is 0.800. The molecule has 1 aromatic heterocycles. The maximum Gasteiger partial charge on any atom is 0.281 e. The first-order chi connectivity index (χ1) is 10.9. The van der Waals surface area contributed by atoms with Gasteiger partial charge >= 0.3 is 0 Å². The Morgan fingerprint density at radius 3 is 2.52 bits per heavy atom. The smallest absolute Gasteiger partial charge is 0.281 e. The van der Waals surface area contributed by atoms with Crippen molar-refractivity contribution in [1.29, 1.82) is 0 Å². The number of aromatic nitrogens is 2. The minimum Gasteiger partial charge on any atom is -0.370 e. The minimum atomic E-state index is -3.31. The van der Waals surface area contributed by atoms with Crippen LogP contribution in [-0.2, 0) is 14.9 Å². The monoisotopic (exact) mass is 342 g/mol. The zero-order valence-corrected chi connectivity index (χ0v) is 14.9. The number of piperidine rings is 1. The lowest BCUT2D eigenvalue weighted by Gasteiger charge is -2.34. The quantitative estimate of drug-likeness (QED) is 0.831. The second-order valence-electron chi connectivity index (χ2n) is 6.55. The van der Waals surface area contributed by atoms with E-state index >= 15 is 0 Å². The van der Waals surface area contributed by atoms with Crippen molar-refractivity contribution in [2.24, 2.45) is 0 Å². The summed E-state index contributed by atoms with van der Waals surface area (Å²) in [6.45, 7) is 3.96. The van der Waals surface area contributed by atoms with Crippen LogP contribution in [0.2, 0.25) is 0 Å². The molecule has 0 N–H and O–H groups in total. The number of hydrogen-bond donors (Lipinski definition) is 0. The van der Waals surface area contributed by atoms with Gasteiger partial charge in [0.15, 0.2) is 0 Å². The molecule has 0 aromatic carbocycles. The predicted molar refractivity (Wildman–Crippen MR) is 87.3 cm³/mol. The molecule has 2 saturated heterocycles. The van der Waals surface area contributed by atoms with Crippen molar-refractivity contribution < 1.29 is 13.2 Å². The van der Waals surface area contributed by atoms with Gasteiger partial charge < -0.3 is 9.30 Å². The first kappa shape index (κ1) is 16.9. The van der Waals surface area contributed by atoms with E-state index in [-0.39, 0.29) is 6.10 Å². The summed E-state index contributed by atoms with van der Waals surface area (Å²) in [5.41, 5.74) is 1.13. The molecule has 2 aliphatic heterocycles. The summed E-state index contributed by atoms with van der Waals surface area (Å²) in [6, 6.07) is 0.297. The Morgan fingerprint density at radius 2 is 1.96 bits per heavy atom. The van der Waals surface area contributed by atoms with Gasteiger partial charge in [0.05, 0.1) is 0 Å². The topological polar surface area (TPSA) is 67.7 Å². The molecule has 0 aliphatic carbocycles. The number of hydrogen-bond acceptors (Lipinski definition) is 4. The van der Waals surface area contributed by atoms with Crippen molar-refractivity contribution in [3.63, 3.8) is 0 Å². The fourth-order valence-corrected chi connectivity index (χ4v) is 4.66. The first-order valence-electron chi connectivity index (χ1n) is 8.24. The van der Waals surface area contributed by atoms with Gasteiger partial charge in [-0.1, -0.05) is 0 Å². The highest BCUT2D eigenvalue weighted by atomic mass is 32.2. The molecule has 2 fully saturated rings. The van der Waals surface area contributed by atoms with Crippen molar-refractivity contribution in [2.45, 2.75) is 44.8 Å². The van der Waals surface area contributed by atoms with Crippen LogP contribution in [0.1, 0.15) is 49.3 Å². The van der Waals surface area contributed by atoms with E-state index in [0.29, 0.717) is 19.1 Å². The normalized spacial score (nSPS) is 24.6. The molecule has 8 heteroatoms. The predicted octanol–water partition coefficient (Wildman–Crippen LogP) is 1.49. The maximum absolute atomic E-state index is 12.2. The summed E-state index contributed by atoms with van der Waals surface area (Å²) < 4.78 is 35.4. The zero-order valence-electron chi connectivity index (χ0n) is 14.1. The standard InChI is InChI=1S/C15H26N4O3S/c1-12-11-16-15(14-5-4-10-22-14)19(12)13-6-8-18(9-7-13)23(20,21)17(2)3/h11,13-14H,4-10H2,1-3H3. The SMILES string of the molecule is Cc1cnc(C2CCCO2)n1C1CCN(S(=O)(=O)N(C)C)CC1. The summed E-state index contributed by atoms with van der Waals surface area (Å²) in [5, 5.41) is 0. The highest BCUT2D eigenvalue weighted by Gasteiger charge is 2.33. The number of imidazole rings is 1. The highest BCUT2D eigenvalue weighted by Crippen LogP contribution is 2.33. The molecule has 0 amide bonds. The molecule has 0 radical (unpaired) electrons. The molecular formula is C15H26N4O3S. The van der Waals surface area contributed by atoms with Gasteiger partial charge in [-0.05, 0) is 32.6 Å². The molecule has 7 nitrogen and oxygen atoms in total. The zero-order chi connectivity index (χ0) is 16.6. The van der Waals surface area contributed by atoms with Crippen LogP contribution in [0.4, 0.5) is 0 Å². The third kappa shape index (κ3) is 3.17. The Labute approximate surface area is 138 Å². The molecule has 1 atom stereocenters. The van der Waals surface area contributed by atoms with E-state index in [9.17, 15) is 8.42 Å². The van der Waals surface area contributed by atoms with Crippen molar-refractivity contribution in [2.75, 3.05) is 33.8 Å². The molecule has 0 spiro atoms. The van der Waals surface area contributed by atoms with Gasteiger partial charge in [0.25, 0.3) is 10.2 Å². The summed E-state index contributed by atoms with van der Waals surface area (Å²) in [6.07, 6.45) is 5.71. The van der Waals surface area contributed by atoms with Crippen LogP contribution in [0.3, 0.4) is 0 Å². The minimum absolute atomic E-state index is 0.0900. The Balaban J connectivity index is 1.74. The Hall–Kier alpha value is -0.960. The molecule has 1 unspecified atom stereocenters. The largest absolute Gasteiger partial charge is 0.370 e. The van der Waals surface area contributed by atoms with E-state index in [0.717, 1.165) is 43.8 Å². The number of aryl methyl sites for hydroxylation is 1. The van der Waals surface area contributed by atoms with E-state index in [1.165, 1.54) is 4.31 Å². The first-order valence-corrected chi connectivity index (χ1v) is 9.64. The van der Waals surface area contributed by atoms with E-state index in [4.69, 9.17) is 4.74 Å². The average molecular weight is 342 g/mol. The van der Waals surface area contributed by atoms with Crippen LogP contribution in [0.15, 0.2) is 6.20 Å². The lowest BCUT2D eigenvalue weighted by Crippen LogP contribution is -2.44. The summed E-state index contributed by atoms with van der Waals surface area (Å²) >= 11 is 0. The van der Waals surface area contributed by atoms with Gasteiger partial charge in [-0.2, -0.15) is 17.0 Å². The van der Waals surface area contributed by atoms with Crippen molar-refractivity contribution in [3.8, 4) is 0 Å². The molecule has 0 saturated carbocycles. The highest BCUT2D eigenvalue weighted by molar-refractivity contribution is 7.86. The lowest BCUT2D eigenvalue weighted by molar-refractivity contribution is 0.0981. The van der Waals surface area contributed by atoms with Gasteiger partial charge in [-0.3, -0.25) is 0 Å². The van der Waals surface area contributed by atoms with Gasteiger partial charge in [0.1, 0.15) is 11.9 Å². The summed E-state index contributed by atoms with van der Waals surface area (Å²) in [4.78, 5) is 4.57. The Bertz CT molecular complexity index is 642. The second kappa shape index (κ2) is 6.51. The number of nitrogens with zero attached hydrogens (tertiary/aromatic N) is 4. The molecule has 1 aromatic rings. The molecule has 130 valence electrons. The van der Waals surface area contributed by atoms with Gasteiger partial charge in [0, 0.05) is 51.7 Å². The molecular weight excluding hydrogens is 316 g/mol. The van der Waals surface area contributed by atoms with E-state index in [2.05, 4.69) is 16.5 Å². The Kier molecular flexibility index (Phi) is 4.78. The van der Waals surface area contributed by atoms with Crippen LogP contribution >= 0.6 is 0 Å². The lowest BCUT2D eigenvalue weighted by atomic mass is 10.1. The van der Waals surface area contributed by atoms with Crippen molar-refractivity contribution >= 4 is 10.2 Å². The maximum atomic E-state index is 12.2. The van der Waals surface area contributed by atoms with Gasteiger partial charge in [-0.25, -0.2) is 4.98 Å². The molecule has 2 aliphatic rings. The van der Waals surface area contributed by atoms with Crippen LogP contribution in [0, 0.1) is 6.92 Å². The third-order valence-electron chi connectivity index (χ3n) is 4.80. The average Bonchev–Trinajstić information content (AvgIpc) is 3.16. The van der Waals surface area contributed by atoms with Gasteiger partial charge in [-0.15, -0.1) is 0 Å². The third-order valence-corrected chi connectivity index (χ3v) is 6.75. The van der Waals surface area contributed by atoms with E-state index < -0.39 is 10.2 Å². The van der Waals surface area contributed by atoms with Gasteiger partial charge in [0.2, 0.25) is 0 Å². The molecule has 23 heavy (non-hydrogen) atoms. The van der Waals surface area contributed by atoms with E-state index in [1.54, 1.807) is 18.4 Å². The van der Waals surface area contributed by atoms with Crippen LogP contribution in [0.5, 0.6) is 0 Å². The van der Waals surface area contributed by atoms with E-state index in [1.807, 2.05) is 6.20 Å². The molecule has 3 rings (SSSR count). The number of rotatable bonds is 4. The molecule has 0 bridgehead atoms. The van der Waals surface area contributed by atoms with Crippen molar-refractivity contribution in [3.05, 3.63) is 17.7 Å². The van der Waals surface area contributed by atoms with Crippen LogP contribution in [0.25, 0.3) is 0 Å². The summed E-state index contributed by atoms with van der Waals surface area (Å²) in [5.74, 6) is 1.01. The fourth-order valence-electron chi connectivity index (χ4n) is 3.52. The van der Waals surface area contributed by atoms with Crippen molar-refractivity contribution in [1.82, 2.24) is 18.2 Å². The van der Waals surface area contributed by atoms with Crippen LogP contribution < -0.4 is 0 Å². The molecule has 3 heterocycles. The number of ether oxygens (including phenoxy) is 1. The second-order valence-corrected chi connectivity index (χ2v) is 8.69. The Morgan fingerprint density at radius 1 is 1.26 bits per heavy atom. The summed E-state index contributed by atoms with van der Waals surface area (Å²) in [7, 11) is -0.150. The van der Waals surface area contributed by atoms with Crippen LogP contribution in [-0.4, -0.2) is 60.4 Å².